The summed E-state index contributed by atoms with van der Waals surface area (Å²) in [5.41, 5.74) is -0.542. The molecule has 0 amide bonds. The quantitative estimate of drug-likeness (QED) is 0.449. The SMILES string of the molecule is C=C1C(c2ccccc2)COC12C(=O)OC(C)(C)OC2=O. The number of carbonyl (C=O) groups is 2. The molecule has 1 atom stereocenters. The lowest BCUT2D eigenvalue weighted by Gasteiger charge is -2.38. The fraction of sp³-hybridized carbons (Fsp3) is 0.375. The summed E-state index contributed by atoms with van der Waals surface area (Å²) in [4.78, 5) is 24.6. The van der Waals surface area contributed by atoms with Gasteiger partial charge in [-0.15, -0.1) is 0 Å². The zero-order valence-corrected chi connectivity index (χ0v) is 11.9. The van der Waals surface area contributed by atoms with Gasteiger partial charge in [0.1, 0.15) is 0 Å². The monoisotopic (exact) mass is 288 g/mol. The zero-order chi connectivity index (χ0) is 15.3. The number of rotatable bonds is 1. The third kappa shape index (κ3) is 1.96. The third-order valence-corrected chi connectivity index (χ3v) is 3.79. The van der Waals surface area contributed by atoms with Gasteiger partial charge in [-0.05, 0) is 11.1 Å². The van der Waals surface area contributed by atoms with Gasteiger partial charge in [0.05, 0.1) is 6.61 Å². The van der Waals surface area contributed by atoms with Gasteiger partial charge in [0, 0.05) is 19.8 Å². The summed E-state index contributed by atoms with van der Waals surface area (Å²) in [6.45, 7) is 7.10. The van der Waals surface area contributed by atoms with Gasteiger partial charge in [-0.25, -0.2) is 9.59 Å². The molecule has 0 saturated carbocycles. The molecule has 0 aromatic heterocycles. The molecule has 2 heterocycles. The number of hydrogen-bond acceptors (Lipinski definition) is 5. The van der Waals surface area contributed by atoms with Crippen molar-refractivity contribution in [3.8, 4) is 0 Å². The van der Waals surface area contributed by atoms with Crippen LogP contribution in [0.25, 0.3) is 0 Å². The fourth-order valence-electron chi connectivity index (χ4n) is 2.70. The van der Waals surface area contributed by atoms with Crippen LogP contribution in [0, 0.1) is 0 Å². The molecule has 0 radical (unpaired) electrons. The van der Waals surface area contributed by atoms with Crippen molar-refractivity contribution in [2.75, 3.05) is 6.61 Å². The van der Waals surface area contributed by atoms with E-state index in [0.29, 0.717) is 5.57 Å². The van der Waals surface area contributed by atoms with E-state index in [9.17, 15) is 9.59 Å². The van der Waals surface area contributed by atoms with Crippen LogP contribution in [0.2, 0.25) is 0 Å². The van der Waals surface area contributed by atoms with Crippen molar-refractivity contribution in [3.63, 3.8) is 0 Å². The Labute approximate surface area is 122 Å². The smallest absolute Gasteiger partial charge is 0.358 e. The highest BCUT2D eigenvalue weighted by Gasteiger charge is 2.63. The van der Waals surface area contributed by atoms with Crippen molar-refractivity contribution in [1.29, 1.82) is 0 Å². The van der Waals surface area contributed by atoms with E-state index in [1.807, 2.05) is 30.3 Å². The van der Waals surface area contributed by atoms with Crippen molar-refractivity contribution in [2.45, 2.75) is 31.2 Å². The number of cyclic esters (lactones) is 2. The molecule has 2 aliphatic rings. The van der Waals surface area contributed by atoms with Gasteiger partial charge in [-0.1, -0.05) is 36.9 Å². The second-order valence-electron chi connectivity index (χ2n) is 5.66. The molecule has 1 aromatic carbocycles. The van der Waals surface area contributed by atoms with Crippen LogP contribution < -0.4 is 0 Å². The van der Waals surface area contributed by atoms with Crippen molar-refractivity contribution in [3.05, 3.63) is 48.0 Å². The predicted molar refractivity (Wildman–Crippen MR) is 73.3 cm³/mol. The van der Waals surface area contributed by atoms with E-state index < -0.39 is 23.3 Å². The first kappa shape index (κ1) is 13.8. The minimum absolute atomic E-state index is 0.188. The number of carbonyl (C=O) groups excluding carboxylic acids is 2. The molecule has 1 spiro atoms. The first-order valence-corrected chi connectivity index (χ1v) is 6.72. The molecule has 0 N–H and O–H groups in total. The number of hydrogen-bond donors (Lipinski definition) is 0. The summed E-state index contributed by atoms with van der Waals surface area (Å²) >= 11 is 0. The Balaban J connectivity index is 1.96. The number of esters is 2. The fourth-order valence-corrected chi connectivity index (χ4v) is 2.70. The van der Waals surface area contributed by atoms with Crippen molar-refractivity contribution in [1.82, 2.24) is 0 Å². The minimum atomic E-state index is -1.84. The largest absolute Gasteiger partial charge is 0.420 e. The Bertz CT molecular complexity index is 597. The molecule has 21 heavy (non-hydrogen) atoms. The molecule has 110 valence electrons. The van der Waals surface area contributed by atoms with E-state index in [0.717, 1.165) is 5.56 Å². The molecule has 1 unspecified atom stereocenters. The van der Waals surface area contributed by atoms with Crippen LogP contribution >= 0.6 is 0 Å². The van der Waals surface area contributed by atoms with Crippen LogP contribution in [-0.2, 0) is 23.8 Å². The summed E-state index contributed by atoms with van der Waals surface area (Å²) in [5.74, 6) is -3.04. The van der Waals surface area contributed by atoms with Crippen molar-refractivity contribution < 1.29 is 23.8 Å². The highest BCUT2D eigenvalue weighted by atomic mass is 16.8. The highest BCUT2D eigenvalue weighted by molar-refractivity contribution is 6.09. The van der Waals surface area contributed by atoms with Gasteiger partial charge in [-0.2, -0.15) is 0 Å². The van der Waals surface area contributed by atoms with Gasteiger partial charge in [0.2, 0.25) is 0 Å². The average Bonchev–Trinajstić information content (AvgIpc) is 2.76. The van der Waals surface area contributed by atoms with Crippen LogP contribution in [0.5, 0.6) is 0 Å². The van der Waals surface area contributed by atoms with Crippen LogP contribution in [0.3, 0.4) is 0 Å². The molecule has 2 aliphatic heterocycles. The molecule has 2 saturated heterocycles. The Morgan fingerprint density at radius 3 is 2.24 bits per heavy atom. The molecule has 0 bridgehead atoms. The number of ether oxygens (including phenoxy) is 3. The average molecular weight is 288 g/mol. The Morgan fingerprint density at radius 1 is 1.10 bits per heavy atom. The van der Waals surface area contributed by atoms with E-state index >= 15 is 0 Å². The molecule has 2 fully saturated rings. The maximum atomic E-state index is 12.3. The lowest BCUT2D eigenvalue weighted by molar-refractivity contribution is -0.256. The molecular weight excluding hydrogens is 272 g/mol. The van der Waals surface area contributed by atoms with E-state index in [1.165, 1.54) is 13.8 Å². The predicted octanol–water partition coefficient (Wildman–Crippen LogP) is 1.93. The summed E-state index contributed by atoms with van der Waals surface area (Å²) in [5, 5.41) is 0. The standard InChI is InChI=1S/C16H16O5/c1-10-12(11-7-5-4-6-8-11)9-19-16(10)13(17)20-15(2,3)21-14(16)18/h4-8,12H,1,9H2,2-3H3. The van der Waals surface area contributed by atoms with E-state index in [2.05, 4.69) is 6.58 Å². The lowest BCUT2D eigenvalue weighted by Crippen LogP contribution is -2.59. The maximum absolute atomic E-state index is 12.3. The first-order valence-electron chi connectivity index (χ1n) is 6.72. The van der Waals surface area contributed by atoms with Crippen LogP contribution in [-0.4, -0.2) is 29.9 Å². The van der Waals surface area contributed by atoms with E-state index in [1.54, 1.807) is 0 Å². The van der Waals surface area contributed by atoms with Crippen LogP contribution in [0.15, 0.2) is 42.5 Å². The number of benzene rings is 1. The molecule has 1 aromatic rings. The Hall–Kier alpha value is -2.14. The topological polar surface area (TPSA) is 61.8 Å². The molecule has 3 rings (SSSR count). The van der Waals surface area contributed by atoms with Gasteiger partial charge in [-0.3, -0.25) is 0 Å². The van der Waals surface area contributed by atoms with Gasteiger partial charge >= 0.3 is 11.9 Å². The van der Waals surface area contributed by atoms with Gasteiger partial charge in [0.25, 0.3) is 11.4 Å². The summed E-state index contributed by atoms with van der Waals surface area (Å²) in [6, 6.07) is 9.47. The first-order chi connectivity index (χ1) is 9.87. The van der Waals surface area contributed by atoms with E-state index in [4.69, 9.17) is 14.2 Å². The maximum Gasteiger partial charge on any atom is 0.358 e. The highest BCUT2D eigenvalue weighted by Crippen LogP contribution is 2.45. The summed E-state index contributed by atoms with van der Waals surface area (Å²) < 4.78 is 15.9. The summed E-state index contributed by atoms with van der Waals surface area (Å²) in [7, 11) is 0. The Morgan fingerprint density at radius 2 is 1.67 bits per heavy atom. The second kappa shape index (κ2) is 4.43. The lowest BCUT2D eigenvalue weighted by atomic mass is 9.84. The van der Waals surface area contributed by atoms with Crippen molar-refractivity contribution >= 4 is 11.9 Å². The van der Waals surface area contributed by atoms with Gasteiger partial charge < -0.3 is 14.2 Å². The second-order valence-corrected chi connectivity index (χ2v) is 5.66. The summed E-state index contributed by atoms with van der Waals surface area (Å²) in [6.07, 6.45) is 0. The molecule has 0 aliphatic carbocycles. The van der Waals surface area contributed by atoms with Crippen LogP contribution in [0.4, 0.5) is 0 Å². The minimum Gasteiger partial charge on any atom is -0.420 e. The van der Waals surface area contributed by atoms with Crippen LogP contribution in [0.1, 0.15) is 25.3 Å². The van der Waals surface area contributed by atoms with Crippen molar-refractivity contribution in [2.24, 2.45) is 0 Å². The normalized spacial score (nSPS) is 26.6. The van der Waals surface area contributed by atoms with E-state index in [-0.39, 0.29) is 12.5 Å². The molecule has 5 heteroatoms. The molecular formula is C16H16O5. The van der Waals surface area contributed by atoms with Gasteiger partial charge in [0.15, 0.2) is 0 Å². The Kier molecular flexibility index (Phi) is 2.92. The zero-order valence-electron chi connectivity index (χ0n) is 11.9. The third-order valence-electron chi connectivity index (χ3n) is 3.79. The molecule has 5 nitrogen and oxygen atoms in total.